The summed E-state index contributed by atoms with van der Waals surface area (Å²) in [5, 5.41) is 11.6. The predicted octanol–water partition coefficient (Wildman–Crippen LogP) is 4.56. The van der Waals surface area contributed by atoms with Gasteiger partial charge in [0.2, 0.25) is 0 Å². The van der Waals surface area contributed by atoms with E-state index in [1.165, 1.54) is 23.1 Å². The van der Waals surface area contributed by atoms with Crippen molar-refractivity contribution in [1.82, 2.24) is 9.88 Å². The number of unbranched alkanes of at least 4 members (excludes halogenated alkanes) is 1. The van der Waals surface area contributed by atoms with Crippen molar-refractivity contribution in [2.75, 3.05) is 44.7 Å². The number of H-pyrrole nitrogens is 1. The first-order chi connectivity index (χ1) is 15.7. The van der Waals surface area contributed by atoms with E-state index in [0.717, 1.165) is 67.9 Å². The fourth-order valence-electron chi connectivity index (χ4n) is 4.82. The predicted molar refractivity (Wildman–Crippen MR) is 129 cm³/mol. The Labute approximate surface area is 188 Å². The average Bonchev–Trinajstić information content (AvgIpc) is 3.42. The molecule has 2 aromatic carbocycles. The molecule has 0 unspecified atom stereocenters. The highest BCUT2D eigenvalue weighted by atomic mass is 16.5. The lowest BCUT2D eigenvalue weighted by atomic mass is 10.1. The molecule has 1 aliphatic rings. The number of methoxy groups -OCH3 is 1. The van der Waals surface area contributed by atoms with Crippen LogP contribution in [0.4, 0.5) is 5.69 Å². The van der Waals surface area contributed by atoms with E-state index in [2.05, 4.69) is 51.2 Å². The van der Waals surface area contributed by atoms with E-state index < -0.39 is 0 Å². The van der Waals surface area contributed by atoms with Crippen molar-refractivity contribution in [2.24, 2.45) is 0 Å². The molecule has 2 N–H and O–H groups in total. The lowest BCUT2D eigenvalue weighted by Crippen LogP contribution is -2.46. The number of para-hydroxylation sites is 1. The maximum Gasteiger partial charge on any atom is 0.194 e. The molecule has 5 rings (SSSR count). The molecule has 6 nitrogen and oxygen atoms in total. The topological polar surface area (TPSA) is 64.9 Å². The van der Waals surface area contributed by atoms with E-state index in [9.17, 15) is 5.11 Å². The number of aromatic nitrogens is 1. The van der Waals surface area contributed by atoms with E-state index in [0.29, 0.717) is 5.76 Å². The highest BCUT2D eigenvalue weighted by Crippen LogP contribution is 2.29. The third-order valence-corrected chi connectivity index (χ3v) is 6.57. The van der Waals surface area contributed by atoms with Crippen LogP contribution in [0.15, 0.2) is 52.9 Å². The number of hydrogen-bond donors (Lipinski definition) is 2. The van der Waals surface area contributed by atoms with Crippen LogP contribution in [0, 0.1) is 0 Å². The summed E-state index contributed by atoms with van der Waals surface area (Å²) in [5.41, 5.74) is 4.51. The average molecular weight is 434 g/mol. The zero-order chi connectivity index (χ0) is 21.9. The second-order valence-corrected chi connectivity index (χ2v) is 8.56. The first-order valence-corrected chi connectivity index (χ1v) is 11.5. The van der Waals surface area contributed by atoms with Gasteiger partial charge in [0, 0.05) is 53.7 Å². The Morgan fingerprint density at radius 2 is 1.88 bits per heavy atom. The number of aliphatic hydroxyl groups is 1. The minimum absolute atomic E-state index is 0.0597. The Hall–Kier alpha value is -2.96. The number of fused-ring (bicyclic) bond motifs is 2. The van der Waals surface area contributed by atoms with Crippen LogP contribution in [0.2, 0.25) is 0 Å². The maximum absolute atomic E-state index is 9.28. The molecule has 0 aliphatic carbocycles. The number of furan rings is 1. The van der Waals surface area contributed by atoms with Gasteiger partial charge in [-0.05, 0) is 56.1 Å². The minimum Gasteiger partial charge on any atom is -0.482 e. The number of aryl methyl sites for hydroxylation is 1. The summed E-state index contributed by atoms with van der Waals surface area (Å²) in [5.74, 6) is 1.52. The number of aromatic amines is 1. The molecule has 0 amide bonds. The molecule has 168 valence electrons. The molecule has 0 radical (unpaired) electrons. The van der Waals surface area contributed by atoms with Gasteiger partial charge in [0.05, 0.1) is 7.11 Å². The Bertz CT molecular complexity index is 1190. The van der Waals surface area contributed by atoms with E-state index in [1.807, 2.05) is 12.1 Å². The van der Waals surface area contributed by atoms with Gasteiger partial charge in [-0.15, -0.1) is 0 Å². The highest BCUT2D eigenvalue weighted by Gasteiger charge is 2.18. The fourth-order valence-corrected chi connectivity index (χ4v) is 4.82. The zero-order valence-electron chi connectivity index (χ0n) is 18.6. The van der Waals surface area contributed by atoms with E-state index >= 15 is 0 Å². The fraction of sp³-hybridized carbons (Fsp3) is 0.385. The zero-order valence-corrected chi connectivity index (χ0v) is 18.6. The number of aliphatic hydroxyl groups excluding tert-OH is 1. The molecular weight excluding hydrogens is 402 g/mol. The third-order valence-electron chi connectivity index (χ3n) is 6.57. The second kappa shape index (κ2) is 9.27. The van der Waals surface area contributed by atoms with Gasteiger partial charge in [-0.1, -0.05) is 18.2 Å². The summed E-state index contributed by atoms with van der Waals surface area (Å²) >= 11 is 0. The van der Waals surface area contributed by atoms with Gasteiger partial charge >= 0.3 is 0 Å². The van der Waals surface area contributed by atoms with Gasteiger partial charge in [0.25, 0.3) is 0 Å². The molecule has 2 aromatic heterocycles. The van der Waals surface area contributed by atoms with Crippen molar-refractivity contribution in [2.45, 2.75) is 25.9 Å². The first kappa shape index (κ1) is 20.9. The number of nitrogens with zero attached hydrogens (tertiary/aromatic N) is 2. The molecule has 6 heteroatoms. The summed E-state index contributed by atoms with van der Waals surface area (Å²) < 4.78 is 11.2. The van der Waals surface area contributed by atoms with Crippen LogP contribution >= 0.6 is 0 Å². The van der Waals surface area contributed by atoms with Crippen LogP contribution < -0.4 is 9.64 Å². The third kappa shape index (κ3) is 4.20. The van der Waals surface area contributed by atoms with Crippen LogP contribution in [-0.2, 0) is 13.0 Å². The lowest BCUT2D eigenvalue weighted by Gasteiger charge is -2.36. The summed E-state index contributed by atoms with van der Waals surface area (Å²) in [7, 11) is 1.74. The van der Waals surface area contributed by atoms with Crippen molar-refractivity contribution in [3.05, 3.63) is 59.9 Å². The molecule has 1 aliphatic heterocycles. The summed E-state index contributed by atoms with van der Waals surface area (Å²) in [4.78, 5) is 8.40. The molecule has 0 atom stereocenters. The smallest absolute Gasteiger partial charge is 0.194 e. The number of piperazine rings is 1. The summed E-state index contributed by atoms with van der Waals surface area (Å²) in [6, 6.07) is 16.7. The van der Waals surface area contributed by atoms with Crippen LogP contribution in [0.5, 0.6) is 5.88 Å². The molecule has 0 bridgehead atoms. The van der Waals surface area contributed by atoms with E-state index in [1.54, 1.807) is 7.11 Å². The van der Waals surface area contributed by atoms with Gasteiger partial charge in [-0.3, -0.25) is 4.90 Å². The van der Waals surface area contributed by atoms with Crippen molar-refractivity contribution < 1.29 is 14.3 Å². The monoisotopic (exact) mass is 433 g/mol. The number of rotatable bonds is 8. The Balaban J connectivity index is 1.11. The largest absolute Gasteiger partial charge is 0.482 e. The highest BCUT2D eigenvalue weighted by molar-refractivity contribution is 5.86. The van der Waals surface area contributed by atoms with Gasteiger partial charge in [0.15, 0.2) is 5.88 Å². The number of ether oxygens (including phenoxy) is 1. The Morgan fingerprint density at radius 3 is 2.69 bits per heavy atom. The van der Waals surface area contributed by atoms with Gasteiger partial charge in [-0.2, -0.15) is 0 Å². The SMILES string of the molecule is COc1[nH]c2ccccc2c1CCCCN1CCN(c2ccc3oc(CO)cc3c2)CC1. The molecule has 32 heavy (non-hydrogen) atoms. The van der Waals surface area contributed by atoms with Crippen molar-refractivity contribution in [1.29, 1.82) is 0 Å². The Kier molecular flexibility index (Phi) is 6.06. The van der Waals surface area contributed by atoms with Gasteiger partial charge < -0.3 is 24.1 Å². The summed E-state index contributed by atoms with van der Waals surface area (Å²) in [6.45, 7) is 5.32. The quantitative estimate of drug-likeness (QED) is 0.399. The molecule has 4 aromatic rings. The number of anilines is 1. The van der Waals surface area contributed by atoms with Crippen LogP contribution in [-0.4, -0.2) is 54.8 Å². The minimum atomic E-state index is -0.0597. The number of hydrogen-bond acceptors (Lipinski definition) is 5. The Morgan fingerprint density at radius 1 is 1.03 bits per heavy atom. The normalized spacial score (nSPS) is 15.1. The van der Waals surface area contributed by atoms with Crippen molar-refractivity contribution >= 4 is 27.6 Å². The maximum atomic E-state index is 9.28. The summed E-state index contributed by atoms with van der Waals surface area (Å²) in [6.07, 6.45) is 3.38. The first-order valence-electron chi connectivity index (χ1n) is 11.5. The number of benzene rings is 2. The van der Waals surface area contributed by atoms with E-state index in [-0.39, 0.29) is 6.61 Å². The van der Waals surface area contributed by atoms with Gasteiger partial charge in [-0.25, -0.2) is 0 Å². The second-order valence-electron chi connectivity index (χ2n) is 8.56. The van der Waals surface area contributed by atoms with Crippen LogP contribution in [0.1, 0.15) is 24.2 Å². The number of nitrogens with one attached hydrogen (secondary N) is 1. The molecule has 1 saturated heterocycles. The lowest BCUT2D eigenvalue weighted by molar-refractivity contribution is 0.251. The molecular formula is C26H31N3O3. The molecule has 0 spiro atoms. The van der Waals surface area contributed by atoms with Crippen molar-refractivity contribution in [3.8, 4) is 5.88 Å². The van der Waals surface area contributed by atoms with Crippen LogP contribution in [0.25, 0.3) is 21.9 Å². The van der Waals surface area contributed by atoms with Crippen LogP contribution in [0.3, 0.4) is 0 Å². The standard InChI is InChI=1S/C26H31N3O3/c1-31-26-23(22-6-2-3-8-24(22)27-26)7-4-5-11-28-12-14-29(15-13-28)20-9-10-25-19(16-20)17-21(18-30)32-25/h2-3,6,8-10,16-17,27,30H,4-5,7,11-15,18H2,1H3. The van der Waals surface area contributed by atoms with Gasteiger partial charge in [0.1, 0.15) is 18.0 Å². The molecule has 3 heterocycles. The molecule has 1 fully saturated rings. The van der Waals surface area contributed by atoms with E-state index in [4.69, 9.17) is 9.15 Å². The van der Waals surface area contributed by atoms with Crippen molar-refractivity contribution in [3.63, 3.8) is 0 Å². The molecule has 0 saturated carbocycles.